The van der Waals surface area contributed by atoms with Crippen LogP contribution in [0.4, 0.5) is 0 Å². The second kappa shape index (κ2) is 3.14. The first-order valence-corrected chi connectivity index (χ1v) is 5.02. The lowest BCUT2D eigenvalue weighted by atomic mass is 9.92. The fourth-order valence-electron chi connectivity index (χ4n) is 1.79. The largest absolute Gasteiger partial charge is 0.487 e. The molecule has 0 saturated heterocycles. The fourth-order valence-corrected chi connectivity index (χ4v) is 1.97. The van der Waals surface area contributed by atoms with Crippen molar-refractivity contribution in [3.05, 3.63) is 28.8 Å². The van der Waals surface area contributed by atoms with Gasteiger partial charge in [-0.25, -0.2) is 0 Å². The summed E-state index contributed by atoms with van der Waals surface area (Å²) in [6.07, 6.45) is 0.118. The first kappa shape index (κ1) is 9.81. The number of halogens is 1. The Hall–Kier alpha value is -0.730. The number of ether oxygens (including phenoxy) is 1. The minimum atomic E-state index is -0.479. The Labute approximate surface area is 88.5 Å². The number of aliphatic hydroxyl groups excluding tert-OH is 1. The van der Waals surface area contributed by atoms with Crippen molar-refractivity contribution in [3.63, 3.8) is 0 Å². The monoisotopic (exact) mass is 212 g/mol. The standard InChI is InChI=1S/C11H13ClO2/c1-11(2)6-9(13)8-5-7(12)3-4-10(8)14-11/h3-5,9,13H,6H2,1-2H3/t9-/m1/s1. The van der Waals surface area contributed by atoms with E-state index in [2.05, 4.69) is 0 Å². The molecule has 1 aromatic rings. The predicted octanol–water partition coefficient (Wildman–Crippen LogP) is 2.93. The molecule has 0 spiro atoms. The van der Waals surface area contributed by atoms with Gasteiger partial charge in [0.25, 0.3) is 0 Å². The van der Waals surface area contributed by atoms with Gasteiger partial charge in [-0.15, -0.1) is 0 Å². The summed E-state index contributed by atoms with van der Waals surface area (Å²) in [5.74, 6) is 0.734. The number of hydrogen-bond donors (Lipinski definition) is 1. The highest BCUT2D eigenvalue weighted by atomic mass is 35.5. The molecule has 0 unspecified atom stereocenters. The zero-order valence-corrected chi connectivity index (χ0v) is 9.01. The van der Waals surface area contributed by atoms with Crippen LogP contribution in [0.15, 0.2) is 18.2 Å². The van der Waals surface area contributed by atoms with Crippen molar-refractivity contribution in [2.24, 2.45) is 0 Å². The number of rotatable bonds is 0. The average molecular weight is 213 g/mol. The van der Waals surface area contributed by atoms with E-state index in [4.69, 9.17) is 16.3 Å². The maximum absolute atomic E-state index is 9.88. The predicted molar refractivity (Wildman–Crippen MR) is 55.7 cm³/mol. The lowest BCUT2D eigenvalue weighted by Crippen LogP contribution is -2.34. The normalized spacial score (nSPS) is 23.9. The molecule has 14 heavy (non-hydrogen) atoms. The van der Waals surface area contributed by atoms with Gasteiger partial charge in [-0.2, -0.15) is 0 Å². The maximum Gasteiger partial charge on any atom is 0.126 e. The van der Waals surface area contributed by atoms with E-state index in [9.17, 15) is 5.11 Å². The Morgan fingerprint density at radius 2 is 2.21 bits per heavy atom. The van der Waals surface area contributed by atoms with Gasteiger partial charge in [-0.3, -0.25) is 0 Å². The van der Waals surface area contributed by atoms with Crippen molar-refractivity contribution in [2.75, 3.05) is 0 Å². The van der Waals surface area contributed by atoms with Crippen LogP contribution in [0.25, 0.3) is 0 Å². The summed E-state index contributed by atoms with van der Waals surface area (Å²) in [5, 5.41) is 10.5. The minimum Gasteiger partial charge on any atom is -0.487 e. The van der Waals surface area contributed by atoms with Crippen LogP contribution in [0.3, 0.4) is 0 Å². The molecule has 0 bridgehead atoms. The van der Waals surface area contributed by atoms with Crippen LogP contribution in [0.1, 0.15) is 31.9 Å². The molecule has 0 aliphatic carbocycles. The molecule has 0 saturated carbocycles. The number of hydrogen-bond acceptors (Lipinski definition) is 2. The maximum atomic E-state index is 9.88. The van der Waals surface area contributed by atoms with E-state index in [1.54, 1.807) is 12.1 Å². The van der Waals surface area contributed by atoms with Gasteiger partial charge in [0.15, 0.2) is 0 Å². The summed E-state index contributed by atoms with van der Waals surface area (Å²) >= 11 is 5.85. The minimum absolute atomic E-state index is 0.305. The lowest BCUT2D eigenvalue weighted by Gasteiger charge is -2.35. The quantitative estimate of drug-likeness (QED) is 0.717. The van der Waals surface area contributed by atoms with Gasteiger partial charge in [-0.1, -0.05) is 11.6 Å². The van der Waals surface area contributed by atoms with Gasteiger partial charge in [0.05, 0.1) is 6.10 Å². The molecule has 0 aromatic heterocycles. The Morgan fingerprint density at radius 1 is 1.50 bits per heavy atom. The third-order valence-corrected chi connectivity index (χ3v) is 2.64. The van der Waals surface area contributed by atoms with Crippen molar-refractivity contribution >= 4 is 11.6 Å². The smallest absolute Gasteiger partial charge is 0.126 e. The van der Waals surface area contributed by atoms with E-state index in [-0.39, 0.29) is 5.60 Å². The van der Waals surface area contributed by atoms with Crippen LogP contribution < -0.4 is 4.74 Å². The van der Waals surface area contributed by atoms with Crippen LogP contribution in [0.5, 0.6) is 5.75 Å². The van der Waals surface area contributed by atoms with Crippen molar-refractivity contribution in [1.82, 2.24) is 0 Å². The summed E-state index contributed by atoms with van der Waals surface area (Å²) in [5.41, 5.74) is 0.483. The summed E-state index contributed by atoms with van der Waals surface area (Å²) in [4.78, 5) is 0. The molecule has 76 valence electrons. The molecule has 2 nitrogen and oxygen atoms in total. The van der Waals surface area contributed by atoms with Crippen LogP contribution in [-0.4, -0.2) is 10.7 Å². The van der Waals surface area contributed by atoms with E-state index >= 15 is 0 Å². The van der Waals surface area contributed by atoms with Crippen LogP contribution in [0.2, 0.25) is 5.02 Å². The third kappa shape index (κ3) is 1.72. The Balaban J connectivity index is 2.45. The van der Waals surface area contributed by atoms with Gasteiger partial charge in [0, 0.05) is 17.0 Å². The topological polar surface area (TPSA) is 29.5 Å². The molecule has 1 heterocycles. The van der Waals surface area contributed by atoms with Crippen LogP contribution >= 0.6 is 11.6 Å². The van der Waals surface area contributed by atoms with E-state index in [0.29, 0.717) is 11.4 Å². The Morgan fingerprint density at radius 3 is 2.93 bits per heavy atom. The van der Waals surface area contributed by atoms with Crippen LogP contribution in [-0.2, 0) is 0 Å². The zero-order chi connectivity index (χ0) is 10.3. The highest BCUT2D eigenvalue weighted by Gasteiger charge is 2.32. The Bertz CT molecular complexity index is 360. The van der Waals surface area contributed by atoms with Crippen molar-refractivity contribution < 1.29 is 9.84 Å². The number of aliphatic hydroxyl groups is 1. The molecule has 0 amide bonds. The van der Waals surface area contributed by atoms with E-state index < -0.39 is 6.10 Å². The highest BCUT2D eigenvalue weighted by molar-refractivity contribution is 6.30. The van der Waals surface area contributed by atoms with Gasteiger partial charge >= 0.3 is 0 Å². The Kier molecular flexibility index (Phi) is 2.20. The average Bonchev–Trinajstić information content (AvgIpc) is 2.05. The fraction of sp³-hybridized carbons (Fsp3) is 0.455. The molecule has 3 heteroatoms. The van der Waals surface area contributed by atoms with Crippen molar-refractivity contribution in [3.8, 4) is 5.75 Å². The second-order valence-electron chi connectivity index (χ2n) is 4.26. The molecule has 2 rings (SSSR count). The molecule has 1 N–H and O–H groups in total. The van der Waals surface area contributed by atoms with E-state index in [1.165, 1.54) is 0 Å². The van der Waals surface area contributed by atoms with E-state index in [0.717, 1.165) is 11.3 Å². The molecule has 1 aliphatic heterocycles. The van der Waals surface area contributed by atoms with Gasteiger partial charge in [0.2, 0.25) is 0 Å². The molecule has 0 fully saturated rings. The molecule has 0 radical (unpaired) electrons. The molecule has 1 atom stereocenters. The summed E-state index contributed by atoms with van der Waals surface area (Å²) in [6.45, 7) is 3.93. The van der Waals surface area contributed by atoms with Crippen LogP contribution in [0, 0.1) is 0 Å². The van der Waals surface area contributed by atoms with E-state index in [1.807, 2.05) is 19.9 Å². The van der Waals surface area contributed by atoms with Crippen molar-refractivity contribution in [2.45, 2.75) is 32.0 Å². The van der Waals surface area contributed by atoms with Gasteiger partial charge in [-0.05, 0) is 32.0 Å². The lowest BCUT2D eigenvalue weighted by molar-refractivity contribution is 0.0115. The summed E-state index contributed by atoms with van der Waals surface area (Å²) in [7, 11) is 0. The second-order valence-corrected chi connectivity index (χ2v) is 4.70. The molecular formula is C11H13ClO2. The molecule has 1 aromatic carbocycles. The first-order valence-electron chi connectivity index (χ1n) is 4.64. The number of fused-ring (bicyclic) bond motifs is 1. The zero-order valence-electron chi connectivity index (χ0n) is 8.25. The van der Waals surface area contributed by atoms with Crippen molar-refractivity contribution in [1.29, 1.82) is 0 Å². The molecule has 1 aliphatic rings. The SMILES string of the molecule is CC1(C)C[C@@H](O)c2cc(Cl)ccc2O1. The molecular weight excluding hydrogens is 200 g/mol. The third-order valence-electron chi connectivity index (χ3n) is 2.40. The summed E-state index contributed by atoms with van der Waals surface area (Å²) < 4.78 is 5.73. The van der Waals surface area contributed by atoms with Gasteiger partial charge < -0.3 is 9.84 Å². The first-order chi connectivity index (χ1) is 6.48. The summed E-state index contributed by atoms with van der Waals surface area (Å²) in [6, 6.07) is 5.34. The highest BCUT2D eigenvalue weighted by Crippen LogP contribution is 2.40. The van der Waals surface area contributed by atoms with Gasteiger partial charge in [0.1, 0.15) is 11.4 Å². The number of benzene rings is 1.